The van der Waals surface area contributed by atoms with Crippen LogP contribution in [0, 0.1) is 0 Å². The maximum atomic E-state index is 12.6. The molecule has 0 aromatic heterocycles. The Morgan fingerprint density at radius 1 is 1.04 bits per heavy atom. The number of ether oxygens (including phenoxy) is 4. The molecule has 0 bridgehead atoms. The topological polar surface area (TPSA) is 137 Å². The van der Waals surface area contributed by atoms with E-state index in [1.54, 1.807) is 62.4 Å². The van der Waals surface area contributed by atoms with Crippen molar-refractivity contribution in [1.82, 2.24) is 16.1 Å². The fourth-order valence-corrected chi connectivity index (χ4v) is 5.14. The molecule has 4 rings (SSSR count). The highest BCUT2D eigenvalue weighted by Gasteiger charge is 2.32. The van der Waals surface area contributed by atoms with Crippen molar-refractivity contribution in [2.75, 3.05) is 20.3 Å². The molecule has 1 heterocycles. The summed E-state index contributed by atoms with van der Waals surface area (Å²) >= 11 is 15.7. The van der Waals surface area contributed by atoms with Gasteiger partial charge in [0.25, 0.3) is 5.91 Å². The van der Waals surface area contributed by atoms with Crippen molar-refractivity contribution in [1.29, 1.82) is 0 Å². The average molecular weight is 720 g/mol. The van der Waals surface area contributed by atoms with E-state index in [1.807, 2.05) is 6.07 Å². The van der Waals surface area contributed by atoms with Crippen LogP contribution in [0.1, 0.15) is 36.6 Å². The Morgan fingerprint density at radius 3 is 2.56 bits per heavy atom. The minimum Gasteiger partial charge on any atom is -0.493 e. The highest BCUT2D eigenvalue weighted by atomic mass is 79.9. The standard InChI is InChI=1S/C31H29BrCl2N4O7/c1-4-43-30(40)28-17(2)36-31(41)37-29(28)18-6-9-25(26(12-18)42-3)45-16-27(39)38-35-14-20-11-21(32)7-10-24(20)44-15-19-5-8-22(33)13-23(19)34/h5-14,29H,4,15-16H2,1-3H3,(H,38,39)(H2,36,37,41)/b35-14-/t29-/m0/s1. The summed E-state index contributed by atoms with van der Waals surface area (Å²) in [7, 11) is 1.43. The lowest BCUT2D eigenvalue weighted by Crippen LogP contribution is -2.45. The number of hydrogen-bond donors (Lipinski definition) is 3. The first kappa shape index (κ1) is 33.6. The minimum atomic E-state index is -0.784. The number of methoxy groups -OCH3 is 1. The molecule has 1 aliphatic rings. The summed E-state index contributed by atoms with van der Waals surface area (Å²) in [4.78, 5) is 37.3. The third kappa shape index (κ3) is 8.90. The number of carbonyl (C=O) groups excluding carboxylic acids is 3. The van der Waals surface area contributed by atoms with E-state index in [0.29, 0.717) is 32.6 Å². The fourth-order valence-electron chi connectivity index (χ4n) is 4.30. The van der Waals surface area contributed by atoms with Crippen molar-refractivity contribution in [2.45, 2.75) is 26.5 Å². The third-order valence-electron chi connectivity index (χ3n) is 6.41. The van der Waals surface area contributed by atoms with E-state index in [-0.39, 0.29) is 36.9 Å². The van der Waals surface area contributed by atoms with E-state index in [2.05, 4.69) is 37.1 Å². The van der Waals surface area contributed by atoms with E-state index < -0.39 is 23.9 Å². The molecule has 0 fully saturated rings. The van der Waals surface area contributed by atoms with Crippen molar-refractivity contribution in [2.24, 2.45) is 5.10 Å². The Balaban J connectivity index is 1.39. The molecule has 0 saturated carbocycles. The summed E-state index contributed by atoms with van der Waals surface area (Å²) in [5.41, 5.74) is 4.98. The first-order valence-electron chi connectivity index (χ1n) is 13.5. The molecule has 236 valence electrons. The predicted octanol–water partition coefficient (Wildman–Crippen LogP) is 6.06. The number of rotatable bonds is 12. The quantitative estimate of drug-likeness (QED) is 0.118. The number of carbonyl (C=O) groups is 3. The molecule has 3 aromatic carbocycles. The van der Waals surface area contributed by atoms with Gasteiger partial charge in [0.15, 0.2) is 18.1 Å². The smallest absolute Gasteiger partial charge is 0.338 e. The molecule has 0 saturated heterocycles. The summed E-state index contributed by atoms with van der Waals surface area (Å²) in [6.07, 6.45) is 1.45. The molecule has 0 radical (unpaired) electrons. The zero-order chi connectivity index (χ0) is 32.5. The number of esters is 1. The molecule has 0 unspecified atom stereocenters. The van der Waals surface area contributed by atoms with Crippen LogP contribution in [-0.4, -0.2) is 44.4 Å². The zero-order valence-electron chi connectivity index (χ0n) is 24.4. The lowest BCUT2D eigenvalue weighted by molar-refractivity contribution is -0.139. The van der Waals surface area contributed by atoms with Crippen LogP contribution in [0.25, 0.3) is 0 Å². The summed E-state index contributed by atoms with van der Waals surface area (Å²) in [6.45, 7) is 3.32. The second kappa shape index (κ2) is 15.6. The number of halogens is 3. The largest absolute Gasteiger partial charge is 0.493 e. The molecule has 3 amide bonds. The van der Waals surface area contributed by atoms with Crippen LogP contribution in [0.15, 0.2) is 75.4 Å². The molecule has 1 atom stereocenters. The average Bonchev–Trinajstić information content (AvgIpc) is 3.00. The normalized spacial score (nSPS) is 14.4. The fraction of sp³-hybridized carbons (Fsp3) is 0.226. The monoisotopic (exact) mass is 718 g/mol. The Hall–Kier alpha value is -4.26. The predicted molar refractivity (Wildman–Crippen MR) is 173 cm³/mol. The molecule has 3 aromatic rings. The number of amides is 3. The lowest BCUT2D eigenvalue weighted by Gasteiger charge is -2.28. The van der Waals surface area contributed by atoms with Gasteiger partial charge in [-0.15, -0.1) is 0 Å². The Kier molecular flexibility index (Phi) is 11.7. The van der Waals surface area contributed by atoms with Gasteiger partial charge in [-0.3, -0.25) is 4.79 Å². The lowest BCUT2D eigenvalue weighted by atomic mass is 9.95. The van der Waals surface area contributed by atoms with Gasteiger partial charge in [-0.05, 0) is 61.9 Å². The van der Waals surface area contributed by atoms with Crippen LogP contribution < -0.4 is 30.3 Å². The van der Waals surface area contributed by atoms with Gasteiger partial charge in [0.2, 0.25) is 0 Å². The number of urea groups is 1. The van der Waals surface area contributed by atoms with Crippen molar-refractivity contribution >= 4 is 63.3 Å². The first-order valence-corrected chi connectivity index (χ1v) is 15.1. The van der Waals surface area contributed by atoms with Crippen LogP contribution in [-0.2, 0) is 20.9 Å². The van der Waals surface area contributed by atoms with Gasteiger partial charge >= 0.3 is 12.0 Å². The highest BCUT2D eigenvalue weighted by Crippen LogP contribution is 2.34. The molecular weight excluding hydrogens is 691 g/mol. The summed E-state index contributed by atoms with van der Waals surface area (Å²) < 4.78 is 23.0. The molecule has 0 aliphatic carbocycles. The van der Waals surface area contributed by atoms with Gasteiger partial charge in [0.05, 0.1) is 31.5 Å². The van der Waals surface area contributed by atoms with Crippen molar-refractivity contribution in [3.63, 3.8) is 0 Å². The number of benzene rings is 3. The van der Waals surface area contributed by atoms with Gasteiger partial charge in [-0.2, -0.15) is 5.10 Å². The minimum absolute atomic E-state index is 0.177. The molecule has 1 aliphatic heterocycles. The van der Waals surface area contributed by atoms with E-state index in [0.717, 1.165) is 10.0 Å². The van der Waals surface area contributed by atoms with Gasteiger partial charge < -0.3 is 29.6 Å². The van der Waals surface area contributed by atoms with E-state index in [1.165, 1.54) is 13.3 Å². The first-order chi connectivity index (χ1) is 21.6. The summed E-state index contributed by atoms with van der Waals surface area (Å²) in [5, 5.41) is 10.4. The van der Waals surface area contributed by atoms with Gasteiger partial charge in [0.1, 0.15) is 12.4 Å². The van der Waals surface area contributed by atoms with Gasteiger partial charge in [-0.1, -0.05) is 51.3 Å². The van der Waals surface area contributed by atoms with Crippen molar-refractivity contribution in [3.8, 4) is 17.2 Å². The second-order valence-corrected chi connectivity index (χ2v) is 11.2. The maximum absolute atomic E-state index is 12.6. The van der Waals surface area contributed by atoms with Crippen LogP contribution in [0.2, 0.25) is 10.0 Å². The van der Waals surface area contributed by atoms with Gasteiger partial charge in [0, 0.05) is 31.3 Å². The SMILES string of the molecule is CCOC(=O)C1=C(C)NC(=O)N[C@H]1c1ccc(OCC(=O)N/N=C\c2cc(Br)ccc2OCc2ccc(Cl)cc2Cl)c(OC)c1. The van der Waals surface area contributed by atoms with E-state index in [4.69, 9.17) is 42.1 Å². The molecule has 11 nitrogen and oxygen atoms in total. The van der Waals surface area contributed by atoms with Crippen LogP contribution in [0.4, 0.5) is 4.79 Å². The molecule has 0 spiro atoms. The zero-order valence-corrected chi connectivity index (χ0v) is 27.5. The van der Waals surface area contributed by atoms with Crippen molar-refractivity contribution in [3.05, 3.63) is 97.1 Å². The molecule has 45 heavy (non-hydrogen) atoms. The summed E-state index contributed by atoms with van der Waals surface area (Å²) in [6, 6.07) is 14.1. The van der Waals surface area contributed by atoms with Crippen LogP contribution in [0.3, 0.4) is 0 Å². The maximum Gasteiger partial charge on any atom is 0.338 e. The van der Waals surface area contributed by atoms with Crippen LogP contribution in [0.5, 0.6) is 17.2 Å². The van der Waals surface area contributed by atoms with E-state index >= 15 is 0 Å². The summed E-state index contributed by atoms with van der Waals surface area (Å²) in [5.74, 6) is -0.0193. The number of hydrogen-bond acceptors (Lipinski definition) is 8. The van der Waals surface area contributed by atoms with Gasteiger partial charge in [-0.25, -0.2) is 15.0 Å². The Morgan fingerprint density at radius 2 is 1.82 bits per heavy atom. The van der Waals surface area contributed by atoms with Crippen LogP contribution >= 0.6 is 39.1 Å². The number of hydrazone groups is 1. The third-order valence-corrected chi connectivity index (χ3v) is 7.49. The van der Waals surface area contributed by atoms with Crippen molar-refractivity contribution < 1.29 is 33.3 Å². The molecular formula is C31H29BrCl2N4O7. The number of nitrogens with one attached hydrogen (secondary N) is 3. The van der Waals surface area contributed by atoms with E-state index in [9.17, 15) is 14.4 Å². The Bertz CT molecular complexity index is 1660. The second-order valence-electron chi connectivity index (χ2n) is 9.49. The molecule has 3 N–H and O–H groups in total. The highest BCUT2D eigenvalue weighted by molar-refractivity contribution is 9.10. The Labute approximate surface area is 278 Å². The number of allylic oxidation sites excluding steroid dienone is 1. The molecule has 14 heteroatoms. The number of nitrogens with zero attached hydrogens (tertiary/aromatic N) is 1.